The van der Waals surface area contributed by atoms with Crippen molar-refractivity contribution in [3.05, 3.63) is 48.0 Å². The largest absolute Gasteiger partial charge is 0.311 e. The van der Waals surface area contributed by atoms with E-state index in [1.165, 1.54) is 42.0 Å². The van der Waals surface area contributed by atoms with E-state index >= 15 is 0 Å². The minimum atomic E-state index is 0.372. The first kappa shape index (κ1) is 14.6. The molecular formula is C19H26N2. The molecule has 1 saturated carbocycles. The van der Waals surface area contributed by atoms with Gasteiger partial charge < -0.3 is 10.2 Å². The smallest absolute Gasteiger partial charge is 0.0328 e. The third-order valence-corrected chi connectivity index (χ3v) is 5.08. The first-order chi connectivity index (χ1) is 10.2. The van der Waals surface area contributed by atoms with E-state index in [0.717, 1.165) is 13.1 Å². The van der Waals surface area contributed by atoms with Crippen molar-refractivity contribution in [2.45, 2.75) is 37.8 Å². The minimum Gasteiger partial charge on any atom is -0.311 e. The van der Waals surface area contributed by atoms with Crippen LogP contribution < -0.4 is 5.32 Å². The maximum atomic E-state index is 3.69. The lowest BCUT2D eigenvalue weighted by Crippen LogP contribution is -2.49. The molecule has 1 N–H and O–H groups in total. The van der Waals surface area contributed by atoms with Crippen LogP contribution in [0.2, 0.25) is 0 Å². The second kappa shape index (κ2) is 6.17. The summed E-state index contributed by atoms with van der Waals surface area (Å²) in [6.07, 6.45) is 5.39. The number of nitrogens with one attached hydrogen (secondary N) is 1. The van der Waals surface area contributed by atoms with Gasteiger partial charge in [0.1, 0.15) is 0 Å². The summed E-state index contributed by atoms with van der Waals surface area (Å²) in [6.45, 7) is 2.05. The van der Waals surface area contributed by atoms with Crippen LogP contribution in [0.4, 0.5) is 0 Å². The number of likely N-dealkylation sites (N-methyl/N-ethyl adjacent to an activating group) is 1. The normalized spacial score (nSPS) is 17.7. The van der Waals surface area contributed by atoms with Gasteiger partial charge in [-0.3, -0.25) is 0 Å². The van der Waals surface area contributed by atoms with Crippen LogP contribution in [-0.2, 0) is 6.54 Å². The summed E-state index contributed by atoms with van der Waals surface area (Å²) in [6, 6.07) is 15.3. The summed E-state index contributed by atoms with van der Waals surface area (Å²) in [4.78, 5) is 2.42. The lowest BCUT2D eigenvalue weighted by atomic mass is 9.96. The molecule has 1 aliphatic carbocycles. The molecule has 1 aliphatic rings. The number of rotatable bonds is 5. The van der Waals surface area contributed by atoms with Crippen LogP contribution in [-0.4, -0.2) is 31.1 Å². The highest BCUT2D eigenvalue weighted by molar-refractivity contribution is 5.82. The van der Waals surface area contributed by atoms with E-state index in [1.54, 1.807) is 0 Å². The molecule has 2 heteroatoms. The van der Waals surface area contributed by atoms with Gasteiger partial charge in [0.15, 0.2) is 0 Å². The molecule has 0 heterocycles. The van der Waals surface area contributed by atoms with Gasteiger partial charge in [-0.05, 0) is 49.3 Å². The quantitative estimate of drug-likeness (QED) is 0.897. The van der Waals surface area contributed by atoms with Crippen molar-refractivity contribution in [1.82, 2.24) is 10.2 Å². The molecule has 0 radical (unpaired) electrons. The zero-order chi connectivity index (χ0) is 14.7. The van der Waals surface area contributed by atoms with Crippen molar-refractivity contribution in [3.63, 3.8) is 0 Å². The monoisotopic (exact) mass is 282 g/mol. The third-order valence-electron chi connectivity index (χ3n) is 5.08. The van der Waals surface area contributed by atoms with Crippen molar-refractivity contribution < 1.29 is 0 Å². The molecule has 1 fully saturated rings. The first-order valence-electron chi connectivity index (χ1n) is 8.05. The Kier molecular flexibility index (Phi) is 4.27. The summed E-state index contributed by atoms with van der Waals surface area (Å²) in [5.74, 6) is 0. The van der Waals surface area contributed by atoms with Crippen molar-refractivity contribution in [2.24, 2.45) is 0 Å². The van der Waals surface area contributed by atoms with E-state index in [2.05, 4.69) is 66.8 Å². The van der Waals surface area contributed by atoms with Crippen LogP contribution in [0.5, 0.6) is 0 Å². The van der Waals surface area contributed by atoms with Crippen LogP contribution >= 0.6 is 0 Å². The lowest BCUT2D eigenvalue weighted by molar-refractivity contribution is 0.153. The maximum Gasteiger partial charge on any atom is 0.0328 e. The molecule has 0 bridgehead atoms. The summed E-state index contributed by atoms with van der Waals surface area (Å²) >= 11 is 0. The molecule has 0 unspecified atom stereocenters. The second-order valence-corrected chi connectivity index (χ2v) is 6.61. The van der Waals surface area contributed by atoms with E-state index in [4.69, 9.17) is 0 Å². The SMILES string of the molecule is CN(C)C1(CNCc2ccc3ccccc3c2)CCCC1. The molecule has 2 nitrogen and oxygen atoms in total. The van der Waals surface area contributed by atoms with Gasteiger partial charge in [0.25, 0.3) is 0 Å². The second-order valence-electron chi connectivity index (χ2n) is 6.61. The van der Waals surface area contributed by atoms with Gasteiger partial charge in [-0.2, -0.15) is 0 Å². The zero-order valence-corrected chi connectivity index (χ0v) is 13.2. The maximum absolute atomic E-state index is 3.69. The highest BCUT2D eigenvalue weighted by Gasteiger charge is 2.35. The van der Waals surface area contributed by atoms with Gasteiger partial charge in [-0.1, -0.05) is 49.2 Å². The Labute approximate surface area is 128 Å². The summed E-state index contributed by atoms with van der Waals surface area (Å²) in [5.41, 5.74) is 1.75. The molecule has 0 atom stereocenters. The van der Waals surface area contributed by atoms with Crippen LogP contribution in [0.1, 0.15) is 31.2 Å². The van der Waals surface area contributed by atoms with Crippen LogP contribution in [0.15, 0.2) is 42.5 Å². The minimum absolute atomic E-state index is 0.372. The number of nitrogens with zero attached hydrogens (tertiary/aromatic N) is 1. The molecule has 0 saturated heterocycles. The highest BCUT2D eigenvalue weighted by atomic mass is 15.2. The topological polar surface area (TPSA) is 15.3 Å². The predicted molar refractivity (Wildman–Crippen MR) is 90.5 cm³/mol. The molecule has 0 aromatic heterocycles. The average Bonchev–Trinajstić information content (AvgIpc) is 2.97. The fraction of sp³-hybridized carbons (Fsp3) is 0.474. The zero-order valence-electron chi connectivity index (χ0n) is 13.2. The van der Waals surface area contributed by atoms with Crippen molar-refractivity contribution in [3.8, 4) is 0 Å². The lowest BCUT2D eigenvalue weighted by Gasteiger charge is -2.36. The molecular weight excluding hydrogens is 256 g/mol. The Hall–Kier alpha value is -1.38. The van der Waals surface area contributed by atoms with E-state index < -0.39 is 0 Å². The Morgan fingerprint density at radius 3 is 2.43 bits per heavy atom. The van der Waals surface area contributed by atoms with Gasteiger partial charge in [-0.25, -0.2) is 0 Å². The van der Waals surface area contributed by atoms with Crippen molar-refractivity contribution in [1.29, 1.82) is 0 Å². The molecule has 0 amide bonds. The average molecular weight is 282 g/mol. The number of fused-ring (bicyclic) bond motifs is 1. The molecule has 2 aromatic rings. The van der Waals surface area contributed by atoms with Crippen LogP contribution in [0.25, 0.3) is 10.8 Å². The van der Waals surface area contributed by atoms with Gasteiger partial charge in [0, 0.05) is 18.6 Å². The third kappa shape index (κ3) is 3.12. The summed E-state index contributed by atoms with van der Waals surface area (Å²) in [7, 11) is 4.45. The van der Waals surface area contributed by atoms with E-state index in [1.807, 2.05) is 0 Å². The Morgan fingerprint density at radius 2 is 1.71 bits per heavy atom. The van der Waals surface area contributed by atoms with Crippen LogP contribution in [0.3, 0.4) is 0 Å². The number of hydrogen-bond donors (Lipinski definition) is 1. The van der Waals surface area contributed by atoms with E-state index in [9.17, 15) is 0 Å². The number of hydrogen-bond acceptors (Lipinski definition) is 2. The van der Waals surface area contributed by atoms with Crippen LogP contribution in [0, 0.1) is 0 Å². The van der Waals surface area contributed by atoms with Gasteiger partial charge in [0.2, 0.25) is 0 Å². The first-order valence-corrected chi connectivity index (χ1v) is 8.05. The number of benzene rings is 2. The molecule has 112 valence electrons. The molecule has 0 aliphatic heterocycles. The highest BCUT2D eigenvalue weighted by Crippen LogP contribution is 2.33. The fourth-order valence-corrected chi connectivity index (χ4v) is 3.60. The molecule has 0 spiro atoms. The standard InChI is InChI=1S/C19H26N2/c1-21(2)19(11-5-6-12-19)15-20-14-16-9-10-17-7-3-4-8-18(17)13-16/h3-4,7-10,13,20H,5-6,11-12,14-15H2,1-2H3. The predicted octanol–water partition coefficient (Wildman–Crippen LogP) is 3.80. The van der Waals surface area contributed by atoms with E-state index in [0.29, 0.717) is 5.54 Å². The van der Waals surface area contributed by atoms with Gasteiger partial charge in [0.05, 0.1) is 0 Å². The van der Waals surface area contributed by atoms with Crippen molar-refractivity contribution >= 4 is 10.8 Å². The van der Waals surface area contributed by atoms with Crippen molar-refractivity contribution in [2.75, 3.05) is 20.6 Å². The molecule has 21 heavy (non-hydrogen) atoms. The summed E-state index contributed by atoms with van der Waals surface area (Å²) < 4.78 is 0. The molecule has 2 aromatic carbocycles. The Balaban J connectivity index is 1.63. The van der Waals surface area contributed by atoms with E-state index in [-0.39, 0.29) is 0 Å². The fourth-order valence-electron chi connectivity index (χ4n) is 3.60. The Bertz CT molecular complexity index is 597. The summed E-state index contributed by atoms with van der Waals surface area (Å²) in [5, 5.41) is 6.34. The van der Waals surface area contributed by atoms with Gasteiger partial charge >= 0.3 is 0 Å². The Morgan fingerprint density at radius 1 is 1.00 bits per heavy atom. The molecule has 3 rings (SSSR count). The van der Waals surface area contributed by atoms with Gasteiger partial charge in [-0.15, -0.1) is 0 Å².